The molecule has 0 atom stereocenters. The van der Waals surface area contributed by atoms with Crippen LogP contribution >= 0.6 is 15.9 Å². The van der Waals surface area contributed by atoms with Gasteiger partial charge in [-0.1, -0.05) is 34.1 Å². The Morgan fingerprint density at radius 3 is 2.67 bits per heavy atom. The van der Waals surface area contributed by atoms with Crippen LogP contribution in [0.25, 0.3) is 33.5 Å². The number of hydrogen-bond acceptors (Lipinski definition) is 5. The Kier molecular flexibility index (Phi) is 5.93. The van der Waals surface area contributed by atoms with E-state index in [0.29, 0.717) is 22.5 Å². The van der Waals surface area contributed by atoms with Gasteiger partial charge in [0, 0.05) is 28.6 Å². The topological polar surface area (TPSA) is 63.6 Å². The second kappa shape index (κ2) is 9.39. The predicted octanol–water partition coefficient (Wildman–Crippen LogP) is 6.75. The van der Waals surface area contributed by atoms with Crippen LogP contribution in [0, 0.1) is 6.92 Å². The van der Waals surface area contributed by atoms with Crippen LogP contribution in [0.5, 0.6) is 0 Å². The SMILES string of the molecule is Cc1cc(N2CCCCC2)ccc1C=Nn1c(-c2cc3cc(Br)ccc3o2)nc2ccccc2c1=O. The number of piperidine rings is 1. The van der Waals surface area contributed by atoms with Crippen LogP contribution in [0.3, 0.4) is 0 Å². The Labute approximate surface area is 217 Å². The van der Waals surface area contributed by atoms with E-state index in [2.05, 4.69) is 51.1 Å². The summed E-state index contributed by atoms with van der Waals surface area (Å²) in [6, 6.07) is 21.4. The molecule has 36 heavy (non-hydrogen) atoms. The Hall–Kier alpha value is -3.71. The first kappa shape index (κ1) is 22.7. The molecule has 5 aromatic rings. The molecule has 6 rings (SSSR count). The molecule has 7 heteroatoms. The molecule has 0 aliphatic carbocycles. The van der Waals surface area contributed by atoms with E-state index in [4.69, 9.17) is 9.40 Å². The number of aryl methyl sites for hydroxylation is 1. The van der Waals surface area contributed by atoms with Crippen molar-refractivity contribution in [2.24, 2.45) is 5.10 Å². The molecule has 6 nitrogen and oxygen atoms in total. The van der Waals surface area contributed by atoms with Gasteiger partial charge >= 0.3 is 0 Å². The van der Waals surface area contributed by atoms with Gasteiger partial charge in [0.05, 0.1) is 17.1 Å². The summed E-state index contributed by atoms with van der Waals surface area (Å²) in [6.45, 7) is 4.28. The lowest BCUT2D eigenvalue weighted by Gasteiger charge is -2.29. The van der Waals surface area contributed by atoms with E-state index in [0.717, 1.165) is 39.7 Å². The average Bonchev–Trinajstić information content (AvgIpc) is 3.32. The molecule has 1 fully saturated rings. The zero-order valence-corrected chi connectivity index (χ0v) is 21.5. The summed E-state index contributed by atoms with van der Waals surface area (Å²) in [5.41, 5.74) is 4.39. The number of rotatable bonds is 4. The molecular formula is C29H25BrN4O2. The average molecular weight is 541 g/mol. The second-order valence-corrected chi connectivity index (χ2v) is 10.1. The fourth-order valence-electron chi connectivity index (χ4n) is 4.79. The van der Waals surface area contributed by atoms with Crippen molar-refractivity contribution in [1.29, 1.82) is 0 Å². The zero-order valence-electron chi connectivity index (χ0n) is 19.9. The van der Waals surface area contributed by atoms with Crippen molar-refractivity contribution in [2.75, 3.05) is 18.0 Å². The third kappa shape index (κ3) is 4.24. The number of nitrogens with zero attached hydrogens (tertiary/aromatic N) is 4. The second-order valence-electron chi connectivity index (χ2n) is 9.20. The molecule has 1 aliphatic rings. The monoisotopic (exact) mass is 540 g/mol. The summed E-state index contributed by atoms with van der Waals surface area (Å²) >= 11 is 3.51. The molecular weight excluding hydrogens is 516 g/mol. The summed E-state index contributed by atoms with van der Waals surface area (Å²) in [6.07, 6.45) is 5.51. The molecule has 3 aromatic carbocycles. The Bertz CT molecular complexity index is 1680. The van der Waals surface area contributed by atoms with Crippen LogP contribution in [-0.4, -0.2) is 29.0 Å². The fraction of sp³-hybridized carbons (Fsp3) is 0.207. The van der Waals surface area contributed by atoms with E-state index >= 15 is 0 Å². The minimum Gasteiger partial charge on any atom is -0.453 e. The molecule has 0 N–H and O–H groups in total. The summed E-state index contributed by atoms with van der Waals surface area (Å²) < 4.78 is 8.38. The first-order valence-electron chi connectivity index (χ1n) is 12.2. The van der Waals surface area contributed by atoms with Crippen LogP contribution < -0.4 is 10.5 Å². The smallest absolute Gasteiger partial charge is 0.282 e. The van der Waals surface area contributed by atoms with E-state index in [9.17, 15) is 4.79 Å². The van der Waals surface area contributed by atoms with Crippen molar-refractivity contribution in [1.82, 2.24) is 9.66 Å². The highest BCUT2D eigenvalue weighted by atomic mass is 79.9. The molecule has 1 aliphatic heterocycles. The summed E-state index contributed by atoms with van der Waals surface area (Å²) in [5, 5.41) is 6.05. The Balaban J connectivity index is 1.44. The van der Waals surface area contributed by atoms with Gasteiger partial charge in [-0.25, -0.2) is 4.98 Å². The number of aromatic nitrogens is 2. The molecule has 1 saturated heterocycles. The Morgan fingerprint density at radius 1 is 1.00 bits per heavy atom. The van der Waals surface area contributed by atoms with Crippen LogP contribution in [-0.2, 0) is 0 Å². The molecule has 0 radical (unpaired) electrons. The quantitative estimate of drug-likeness (QED) is 0.236. The van der Waals surface area contributed by atoms with Crippen LogP contribution in [0.4, 0.5) is 5.69 Å². The maximum Gasteiger partial charge on any atom is 0.282 e. The standard InChI is InChI=1S/C29H25BrN4O2/c1-19-15-23(33-13-5-2-6-14-33)11-9-20(19)18-31-34-28(32-25-8-4-3-7-24(25)29(34)35)27-17-21-16-22(30)10-12-26(21)36-27/h3-4,7-12,15-18H,2,5-6,13-14H2,1H3. The lowest BCUT2D eigenvalue weighted by Crippen LogP contribution is -2.29. The van der Waals surface area contributed by atoms with Crippen LogP contribution in [0.1, 0.15) is 30.4 Å². The first-order valence-corrected chi connectivity index (χ1v) is 13.0. The summed E-state index contributed by atoms with van der Waals surface area (Å²) in [7, 11) is 0. The maximum absolute atomic E-state index is 13.5. The highest BCUT2D eigenvalue weighted by molar-refractivity contribution is 9.10. The van der Waals surface area contributed by atoms with Crippen molar-refractivity contribution in [2.45, 2.75) is 26.2 Å². The molecule has 0 saturated carbocycles. The van der Waals surface area contributed by atoms with E-state index in [-0.39, 0.29) is 5.56 Å². The Morgan fingerprint density at radius 2 is 1.83 bits per heavy atom. The van der Waals surface area contributed by atoms with Gasteiger partial charge in [0.1, 0.15) is 5.58 Å². The third-order valence-corrected chi connectivity index (χ3v) is 7.23. The predicted molar refractivity (Wildman–Crippen MR) is 149 cm³/mol. The van der Waals surface area contributed by atoms with Gasteiger partial charge in [-0.05, 0) is 85.8 Å². The van der Waals surface area contributed by atoms with Gasteiger partial charge in [0.15, 0.2) is 5.76 Å². The van der Waals surface area contributed by atoms with Crippen molar-refractivity contribution in [3.63, 3.8) is 0 Å². The number of halogens is 1. The van der Waals surface area contributed by atoms with E-state index in [1.54, 1.807) is 12.3 Å². The minimum atomic E-state index is -0.240. The maximum atomic E-state index is 13.5. The summed E-state index contributed by atoms with van der Waals surface area (Å²) in [4.78, 5) is 20.7. The third-order valence-electron chi connectivity index (χ3n) is 6.74. The lowest BCUT2D eigenvalue weighted by molar-refractivity contribution is 0.578. The lowest BCUT2D eigenvalue weighted by atomic mass is 10.1. The largest absolute Gasteiger partial charge is 0.453 e. The van der Waals surface area contributed by atoms with Gasteiger partial charge in [-0.2, -0.15) is 9.78 Å². The van der Waals surface area contributed by atoms with E-state index in [1.807, 2.05) is 42.5 Å². The number of anilines is 1. The molecule has 0 amide bonds. The minimum absolute atomic E-state index is 0.240. The van der Waals surface area contributed by atoms with Gasteiger partial charge in [-0.15, -0.1) is 0 Å². The van der Waals surface area contributed by atoms with Gasteiger partial charge in [-0.3, -0.25) is 4.79 Å². The van der Waals surface area contributed by atoms with Crippen LogP contribution in [0.15, 0.2) is 85.5 Å². The highest BCUT2D eigenvalue weighted by Crippen LogP contribution is 2.29. The van der Waals surface area contributed by atoms with E-state index in [1.165, 1.54) is 29.6 Å². The number of benzene rings is 3. The van der Waals surface area contributed by atoms with Crippen molar-refractivity contribution in [3.8, 4) is 11.6 Å². The number of para-hydroxylation sites is 1. The molecule has 2 aromatic heterocycles. The molecule has 180 valence electrons. The normalized spacial score (nSPS) is 14.3. The van der Waals surface area contributed by atoms with Gasteiger partial charge in [0.2, 0.25) is 5.82 Å². The van der Waals surface area contributed by atoms with E-state index < -0.39 is 0 Å². The molecule has 3 heterocycles. The number of furan rings is 1. The molecule has 0 bridgehead atoms. The van der Waals surface area contributed by atoms with Crippen molar-refractivity contribution < 1.29 is 4.42 Å². The number of fused-ring (bicyclic) bond motifs is 2. The van der Waals surface area contributed by atoms with Crippen LogP contribution in [0.2, 0.25) is 0 Å². The molecule has 0 spiro atoms. The summed E-state index contributed by atoms with van der Waals surface area (Å²) in [5.74, 6) is 0.852. The first-order chi connectivity index (χ1) is 17.6. The van der Waals surface area contributed by atoms with Crippen molar-refractivity contribution in [3.05, 3.63) is 92.7 Å². The molecule has 0 unspecified atom stereocenters. The zero-order chi connectivity index (χ0) is 24.6. The van der Waals surface area contributed by atoms with Crippen molar-refractivity contribution >= 4 is 49.7 Å². The number of hydrogen-bond donors (Lipinski definition) is 0. The highest BCUT2D eigenvalue weighted by Gasteiger charge is 2.17. The van der Waals surface area contributed by atoms with Gasteiger partial charge < -0.3 is 9.32 Å². The fourth-order valence-corrected chi connectivity index (χ4v) is 5.17. The van der Waals surface area contributed by atoms with Gasteiger partial charge in [0.25, 0.3) is 5.56 Å².